The summed E-state index contributed by atoms with van der Waals surface area (Å²) in [5.74, 6) is -0.150. The lowest BCUT2D eigenvalue weighted by Crippen LogP contribution is -2.26. The van der Waals surface area contributed by atoms with Crippen LogP contribution in [0, 0.1) is 0 Å². The van der Waals surface area contributed by atoms with E-state index < -0.39 is 0 Å². The van der Waals surface area contributed by atoms with E-state index in [0.717, 1.165) is 0 Å². The number of phenols is 2. The standard InChI is InChI=1S/C12H13N3O3/c1-15(7-11-13-4-5-14-11)12(18)8-2-3-9(16)10(17)6-8/h2-6,16-17H,7H2,1H3,(H,13,14). The molecule has 0 unspecified atom stereocenters. The number of aromatic amines is 1. The molecule has 6 nitrogen and oxygen atoms in total. The Morgan fingerprint density at radius 1 is 1.39 bits per heavy atom. The number of rotatable bonds is 3. The molecule has 18 heavy (non-hydrogen) atoms. The van der Waals surface area contributed by atoms with Gasteiger partial charge in [0, 0.05) is 25.0 Å². The fourth-order valence-electron chi connectivity index (χ4n) is 1.56. The van der Waals surface area contributed by atoms with Crippen molar-refractivity contribution in [1.29, 1.82) is 0 Å². The van der Waals surface area contributed by atoms with Crippen molar-refractivity contribution in [2.24, 2.45) is 0 Å². The molecule has 0 fully saturated rings. The lowest BCUT2D eigenvalue weighted by Gasteiger charge is -2.16. The van der Waals surface area contributed by atoms with Crippen LogP contribution in [0.5, 0.6) is 11.5 Å². The van der Waals surface area contributed by atoms with Crippen molar-refractivity contribution in [1.82, 2.24) is 14.9 Å². The van der Waals surface area contributed by atoms with E-state index in [9.17, 15) is 15.0 Å². The summed E-state index contributed by atoms with van der Waals surface area (Å²) in [6, 6.07) is 3.97. The Morgan fingerprint density at radius 3 is 2.78 bits per heavy atom. The van der Waals surface area contributed by atoms with Gasteiger partial charge in [0.1, 0.15) is 5.82 Å². The summed E-state index contributed by atoms with van der Waals surface area (Å²) >= 11 is 0. The van der Waals surface area contributed by atoms with Gasteiger partial charge in [-0.15, -0.1) is 0 Å². The van der Waals surface area contributed by atoms with E-state index in [4.69, 9.17) is 0 Å². The van der Waals surface area contributed by atoms with Crippen molar-refractivity contribution in [2.75, 3.05) is 7.05 Å². The zero-order valence-electron chi connectivity index (χ0n) is 9.79. The van der Waals surface area contributed by atoms with Crippen molar-refractivity contribution in [3.05, 3.63) is 42.0 Å². The van der Waals surface area contributed by atoms with Crippen LogP contribution < -0.4 is 0 Å². The van der Waals surface area contributed by atoms with E-state index in [-0.39, 0.29) is 17.4 Å². The van der Waals surface area contributed by atoms with Crippen LogP contribution in [0.3, 0.4) is 0 Å². The van der Waals surface area contributed by atoms with Gasteiger partial charge in [0.25, 0.3) is 5.91 Å². The SMILES string of the molecule is CN(Cc1ncc[nH]1)C(=O)c1ccc(O)c(O)c1. The first-order valence-corrected chi connectivity index (χ1v) is 5.33. The van der Waals surface area contributed by atoms with Gasteiger partial charge < -0.3 is 20.1 Å². The highest BCUT2D eigenvalue weighted by molar-refractivity contribution is 5.94. The highest BCUT2D eigenvalue weighted by Gasteiger charge is 2.14. The van der Waals surface area contributed by atoms with Crippen LogP contribution in [-0.4, -0.2) is 38.0 Å². The molecule has 3 N–H and O–H groups in total. The first-order valence-electron chi connectivity index (χ1n) is 5.33. The monoisotopic (exact) mass is 247 g/mol. The second-order valence-electron chi connectivity index (χ2n) is 3.90. The molecule has 0 aliphatic rings. The Bertz CT molecular complexity index is 552. The number of carbonyl (C=O) groups is 1. The number of nitrogens with one attached hydrogen (secondary N) is 1. The minimum Gasteiger partial charge on any atom is -0.504 e. The van der Waals surface area contributed by atoms with E-state index in [2.05, 4.69) is 9.97 Å². The fourth-order valence-corrected chi connectivity index (χ4v) is 1.56. The molecule has 0 aliphatic heterocycles. The van der Waals surface area contributed by atoms with Crippen LogP contribution >= 0.6 is 0 Å². The van der Waals surface area contributed by atoms with Crippen molar-refractivity contribution < 1.29 is 15.0 Å². The van der Waals surface area contributed by atoms with Crippen LogP contribution in [0.15, 0.2) is 30.6 Å². The molecule has 0 saturated heterocycles. The minimum absolute atomic E-state index is 0.250. The molecule has 0 atom stereocenters. The second-order valence-corrected chi connectivity index (χ2v) is 3.90. The lowest BCUT2D eigenvalue weighted by atomic mass is 10.2. The summed E-state index contributed by atoms with van der Waals surface area (Å²) < 4.78 is 0. The maximum Gasteiger partial charge on any atom is 0.254 e. The van der Waals surface area contributed by atoms with Crippen molar-refractivity contribution in [3.63, 3.8) is 0 Å². The minimum atomic E-state index is -0.313. The number of aromatic nitrogens is 2. The van der Waals surface area contributed by atoms with Crippen LogP contribution in [0.2, 0.25) is 0 Å². The zero-order chi connectivity index (χ0) is 13.1. The van der Waals surface area contributed by atoms with Crippen LogP contribution in [-0.2, 0) is 6.54 Å². The van der Waals surface area contributed by atoms with Gasteiger partial charge in [-0.1, -0.05) is 0 Å². The highest BCUT2D eigenvalue weighted by atomic mass is 16.3. The molecule has 1 heterocycles. The van der Waals surface area contributed by atoms with Gasteiger partial charge >= 0.3 is 0 Å². The van der Waals surface area contributed by atoms with Crippen molar-refractivity contribution >= 4 is 5.91 Å². The molecule has 0 radical (unpaired) electrons. The molecule has 0 aliphatic carbocycles. The molecule has 2 aromatic rings. The molecule has 0 spiro atoms. The van der Waals surface area contributed by atoms with Gasteiger partial charge in [0.2, 0.25) is 0 Å². The first-order chi connectivity index (χ1) is 8.58. The maximum atomic E-state index is 12.0. The third-order valence-corrected chi connectivity index (χ3v) is 2.51. The Morgan fingerprint density at radius 2 is 2.17 bits per heavy atom. The van der Waals surface area contributed by atoms with Crippen LogP contribution in [0.1, 0.15) is 16.2 Å². The first kappa shape index (κ1) is 12.0. The topological polar surface area (TPSA) is 89.5 Å². The van der Waals surface area contributed by atoms with E-state index in [1.807, 2.05) is 0 Å². The summed E-state index contributed by atoms with van der Waals surface area (Å²) in [5, 5.41) is 18.5. The molecular formula is C12H13N3O3. The molecule has 0 saturated carbocycles. The van der Waals surface area contributed by atoms with Crippen molar-refractivity contribution in [2.45, 2.75) is 6.54 Å². The lowest BCUT2D eigenvalue weighted by molar-refractivity contribution is 0.0781. The Hall–Kier alpha value is -2.50. The smallest absolute Gasteiger partial charge is 0.254 e. The Labute approximate surface area is 104 Å². The van der Waals surface area contributed by atoms with Gasteiger partial charge in [-0.05, 0) is 18.2 Å². The average Bonchev–Trinajstić information content (AvgIpc) is 2.84. The van der Waals surface area contributed by atoms with Crippen LogP contribution in [0.25, 0.3) is 0 Å². The summed E-state index contributed by atoms with van der Waals surface area (Å²) in [4.78, 5) is 20.4. The number of nitrogens with zero attached hydrogens (tertiary/aromatic N) is 2. The number of imidazole rings is 1. The van der Waals surface area contributed by atoms with Gasteiger partial charge in [-0.2, -0.15) is 0 Å². The molecule has 2 rings (SSSR count). The summed E-state index contributed by atoms with van der Waals surface area (Å²) in [5.41, 5.74) is 0.305. The normalized spacial score (nSPS) is 10.3. The number of benzene rings is 1. The third kappa shape index (κ3) is 2.42. The second kappa shape index (κ2) is 4.79. The number of hydrogen-bond donors (Lipinski definition) is 3. The van der Waals surface area contributed by atoms with E-state index in [0.29, 0.717) is 17.9 Å². The Balaban J connectivity index is 2.12. The van der Waals surface area contributed by atoms with E-state index >= 15 is 0 Å². The van der Waals surface area contributed by atoms with Crippen molar-refractivity contribution in [3.8, 4) is 11.5 Å². The molecule has 1 aromatic carbocycles. The molecular weight excluding hydrogens is 234 g/mol. The van der Waals surface area contributed by atoms with E-state index in [1.54, 1.807) is 19.4 Å². The predicted octanol–water partition coefficient (Wildman–Crippen LogP) is 1.09. The molecule has 94 valence electrons. The van der Waals surface area contributed by atoms with Crippen LogP contribution in [0.4, 0.5) is 0 Å². The molecule has 1 amide bonds. The molecule has 0 bridgehead atoms. The molecule has 6 heteroatoms. The van der Waals surface area contributed by atoms with E-state index in [1.165, 1.54) is 23.1 Å². The number of aromatic hydroxyl groups is 2. The molecule has 1 aromatic heterocycles. The Kier molecular flexibility index (Phi) is 3.18. The summed E-state index contributed by atoms with van der Waals surface area (Å²) in [6.45, 7) is 0.341. The number of hydrogen-bond acceptors (Lipinski definition) is 4. The largest absolute Gasteiger partial charge is 0.504 e. The quantitative estimate of drug-likeness (QED) is 0.708. The fraction of sp³-hybridized carbons (Fsp3) is 0.167. The van der Waals surface area contributed by atoms with Gasteiger partial charge in [0.15, 0.2) is 11.5 Å². The summed E-state index contributed by atoms with van der Waals surface area (Å²) in [7, 11) is 1.63. The maximum absolute atomic E-state index is 12.0. The number of carbonyl (C=O) groups excluding carboxylic acids is 1. The summed E-state index contributed by atoms with van der Waals surface area (Å²) in [6.07, 6.45) is 3.29. The zero-order valence-corrected chi connectivity index (χ0v) is 9.79. The third-order valence-electron chi connectivity index (χ3n) is 2.51. The highest BCUT2D eigenvalue weighted by Crippen LogP contribution is 2.25. The predicted molar refractivity (Wildman–Crippen MR) is 64.2 cm³/mol. The van der Waals surface area contributed by atoms with Gasteiger partial charge in [0.05, 0.1) is 6.54 Å². The average molecular weight is 247 g/mol. The number of H-pyrrole nitrogens is 1. The van der Waals surface area contributed by atoms with Gasteiger partial charge in [-0.3, -0.25) is 4.79 Å². The van der Waals surface area contributed by atoms with Gasteiger partial charge in [-0.25, -0.2) is 4.98 Å². The number of phenolic OH excluding ortho intramolecular Hbond substituents is 2. The number of amides is 1.